The lowest BCUT2D eigenvalue weighted by molar-refractivity contribution is 1.26. The minimum Gasteiger partial charge on any atom is -0.399 e. The van der Waals surface area contributed by atoms with Crippen molar-refractivity contribution in [3.8, 4) is 22.6 Å². The Morgan fingerprint density at radius 1 is 1.05 bits per heavy atom. The van der Waals surface area contributed by atoms with Crippen molar-refractivity contribution in [2.24, 2.45) is 0 Å². The molecule has 0 saturated carbocycles. The number of benzene rings is 2. The van der Waals surface area contributed by atoms with Crippen LogP contribution in [0.3, 0.4) is 0 Å². The van der Waals surface area contributed by atoms with E-state index in [9.17, 15) is 0 Å². The van der Waals surface area contributed by atoms with Crippen molar-refractivity contribution in [3.63, 3.8) is 0 Å². The van der Waals surface area contributed by atoms with Crippen molar-refractivity contribution in [3.05, 3.63) is 58.7 Å². The lowest BCUT2D eigenvalue weighted by Gasteiger charge is -1.99. The molecule has 0 unspecified atom stereocenters. The van der Waals surface area contributed by atoms with Crippen LogP contribution in [-0.2, 0) is 0 Å². The topological polar surface area (TPSA) is 54.7 Å². The summed E-state index contributed by atoms with van der Waals surface area (Å²) >= 11 is 3.49. The van der Waals surface area contributed by atoms with E-state index < -0.39 is 0 Å². The summed E-state index contributed by atoms with van der Waals surface area (Å²) in [5.74, 6) is 0.859. The number of hydrogen-bond acceptors (Lipinski definition) is 2. The molecule has 0 saturated heterocycles. The summed E-state index contributed by atoms with van der Waals surface area (Å²) in [5, 5.41) is 0. The molecule has 3 rings (SSSR count). The Hall–Kier alpha value is -2.07. The second kappa shape index (κ2) is 5.13. The van der Waals surface area contributed by atoms with Gasteiger partial charge in [-0.2, -0.15) is 0 Å². The zero-order valence-electron chi connectivity index (χ0n) is 11.0. The Labute approximate surface area is 126 Å². The molecule has 20 heavy (non-hydrogen) atoms. The highest BCUT2D eigenvalue weighted by Gasteiger charge is 2.10. The highest BCUT2D eigenvalue weighted by atomic mass is 79.9. The molecule has 0 aliphatic heterocycles. The minimum atomic E-state index is 0.754. The van der Waals surface area contributed by atoms with Crippen molar-refractivity contribution in [2.75, 3.05) is 5.73 Å². The number of nitrogens with one attached hydrogen (secondary N) is 1. The molecule has 0 spiro atoms. The molecule has 0 bridgehead atoms. The summed E-state index contributed by atoms with van der Waals surface area (Å²) in [6, 6.07) is 15.8. The summed E-state index contributed by atoms with van der Waals surface area (Å²) in [6.07, 6.45) is 0. The van der Waals surface area contributed by atoms with Crippen LogP contribution in [0, 0.1) is 6.92 Å². The molecule has 1 aromatic heterocycles. The minimum absolute atomic E-state index is 0.754. The van der Waals surface area contributed by atoms with Crippen LogP contribution >= 0.6 is 15.9 Å². The first kappa shape index (κ1) is 12.9. The van der Waals surface area contributed by atoms with Crippen LogP contribution in [0.4, 0.5) is 5.69 Å². The van der Waals surface area contributed by atoms with E-state index in [-0.39, 0.29) is 0 Å². The number of H-pyrrole nitrogens is 1. The van der Waals surface area contributed by atoms with Crippen molar-refractivity contribution in [1.82, 2.24) is 9.97 Å². The zero-order valence-corrected chi connectivity index (χ0v) is 12.6. The number of anilines is 1. The third-order valence-electron chi connectivity index (χ3n) is 3.17. The highest BCUT2D eigenvalue weighted by Crippen LogP contribution is 2.27. The van der Waals surface area contributed by atoms with Crippen LogP contribution in [0.5, 0.6) is 0 Å². The van der Waals surface area contributed by atoms with Crippen LogP contribution in [0.1, 0.15) is 5.69 Å². The molecule has 3 nitrogen and oxygen atoms in total. The fourth-order valence-corrected chi connectivity index (χ4v) is 2.55. The van der Waals surface area contributed by atoms with Gasteiger partial charge in [0.05, 0.1) is 5.69 Å². The molecule has 2 aromatic carbocycles. The van der Waals surface area contributed by atoms with E-state index in [4.69, 9.17) is 10.7 Å². The molecule has 3 aromatic rings. The van der Waals surface area contributed by atoms with Crippen LogP contribution in [0.25, 0.3) is 22.6 Å². The van der Waals surface area contributed by atoms with Gasteiger partial charge < -0.3 is 10.7 Å². The molecular weight excluding hydrogens is 314 g/mol. The zero-order chi connectivity index (χ0) is 14.1. The quantitative estimate of drug-likeness (QED) is 0.685. The Balaban J connectivity index is 2.05. The predicted octanol–water partition coefficient (Wildman–Crippen LogP) is 4.40. The second-order valence-electron chi connectivity index (χ2n) is 4.69. The van der Waals surface area contributed by atoms with Gasteiger partial charge in [-0.1, -0.05) is 28.1 Å². The van der Waals surface area contributed by atoms with E-state index in [1.165, 1.54) is 0 Å². The van der Waals surface area contributed by atoms with Crippen LogP contribution in [0.2, 0.25) is 0 Å². The standard InChI is InChI=1S/C16H14BrN3/c1-10-15(12-3-2-4-13(17)9-12)20-16(19-10)11-5-7-14(18)8-6-11/h2-9H,18H2,1H3,(H,19,20). The first-order chi connectivity index (χ1) is 9.63. The first-order valence-corrected chi connectivity index (χ1v) is 7.11. The number of hydrogen-bond donors (Lipinski definition) is 2. The number of aryl methyl sites for hydroxylation is 1. The maximum atomic E-state index is 5.71. The van der Waals surface area contributed by atoms with Crippen LogP contribution in [-0.4, -0.2) is 9.97 Å². The Bertz CT molecular complexity index is 745. The van der Waals surface area contributed by atoms with E-state index >= 15 is 0 Å². The number of aromatic nitrogens is 2. The van der Waals surface area contributed by atoms with Crippen molar-refractivity contribution in [1.29, 1.82) is 0 Å². The number of nitrogens with two attached hydrogens (primary N) is 1. The van der Waals surface area contributed by atoms with Crippen LogP contribution < -0.4 is 5.73 Å². The summed E-state index contributed by atoms with van der Waals surface area (Å²) in [6.45, 7) is 2.03. The average Bonchev–Trinajstić information content (AvgIpc) is 2.82. The maximum Gasteiger partial charge on any atom is 0.138 e. The monoisotopic (exact) mass is 327 g/mol. The third kappa shape index (κ3) is 2.47. The molecule has 100 valence electrons. The predicted molar refractivity (Wildman–Crippen MR) is 86.3 cm³/mol. The molecule has 3 N–H and O–H groups in total. The number of nitrogens with zero attached hydrogens (tertiary/aromatic N) is 1. The van der Waals surface area contributed by atoms with Gasteiger partial charge in [-0.05, 0) is 43.3 Å². The van der Waals surface area contributed by atoms with Gasteiger partial charge in [0.2, 0.25) is 0 Å². The van der Waals surface area contributed by atoms with Crippen LogP contribution in [0.15, 0.2) is 53.0 Å². The molecule has 1 heterocycles. The number of halogens is 1. The summed E-state index contributed by atoms with van der Waals surface area (Å²) in [4.78, 5) is 8.03. The number of aromatic amines is 1. The fourth-order valence-electron chi connectivity index (χ4n) is 2.15. The van der Waals surface area contributed by atoms with E-state index in [1.807, 2.05) is 43.3 Å². The Kier molecular flexibility index (Phi) is 3.32. The molecule has 0 aliphatic carbocycles. The summed E-state index contributed by atoms with van der Waals surface area (Å²) < 4.78 is 1.05. The van der Waals surface area contributed by atoms with Gasteiger partial charge in [-0.3, -0.25) is 0 Å². The number of imidazole rings is 1. The molecule has 0 amide bonds. The van der Waals surface area contributed by atoms with Gasteiger partial charge in [0, 0.05) is 27.0 Å². The third-order valence-corrected chi connectivity index (χ3v) is 3.66. The summed E-state index contributed by atoms with van der Waals surface area (Å²) in [5.41, 5.74) is 10.6. The van der Waals surface area contributed by atoms with Crippen molar-refractivity contribution >= 4 is 21.6 Å². The van der Waals surface area contributed by atoms with Gasteiger partial charge in [-0.25, -0.2) is 4.98 Å². The maximum absolute atomic E-state index is 5.71. The highest BCUT2D eigenvalue weighted by molar-refractivity contribution is 9.10. The van der Waals surface area contributed by atoms with E-state index in [2.05, 4.69) is 33.0 Å². The average molecular weight is 328 g/mol. The lowest BCUT2D eigenvalue weighted by atomic mass is 10.1. The van der Waals surface area contributed by atoms with Gasteiger partial charge in [0.1, 0.15) is 5.82 Å². The number of rotatable bonds is 2. The lowest BCUT2D eigenvalue weighted by Crippen LogP contribution is -1.85. The summed E-state index contributed by atoms with van der Waals surface area (Å²) in [7, 11) is 0. The van der Waals surface area contributed by atoms with E-state index in [1.54, 1.807) is 0 Å². The normalized spacial score (nSPS) is 10.7. The molecule has 0 atom stereocenters. The SMILES string of the molecule is Cc1[nH]c(-c2ccc(N)cc2)nc1-c1cccc(Br)c1. The molecule has 4 heteroatoms. The number of nitrogen functional groups attached to an aromatic ring is 1. The van der Waals surface area contributed by atoms with Gasteiger partial charge in [0.25, 0.3) is 0 Å². The van der Waals surface area contributed by atoms with Crippen molar-refractivity contribution < 1.29 is 0 Å². The molecule has 0 fully saturated rings. The van der Waals surface area contributed by atoms with Gasteiger partial charge in [-0.15, -0.1) is 0 Å². The van der Waals surface area contributed by atoms with Gasteiger partial charge in [0.15, 0.2) is 0 Å². The smallest absolute Gasteiger partial charge is 0.138 e. The van der Waals surface area contributed by atoms with E-state index in [0.717, 1.165) is 38.5 Å². The molecular formula is C16H14BrN3. The first-order valence-electron chi connectivity index (χ1n) is 6.32. The second-order valence-corrected chi connectivity index (χ2v) is 5.61. The molecule has 0 radical (unpaired) electrons. The molecule has 0 aliphatic rings. The van der Waals surface area contributed by atoms with Crippen molar-refractivity contribution in [2.45, 2.75) is 6.92 Å². The fraction of sp³-hybridized carbons (Fsp3) is 0.0625. The Morgan fingerprint density at radius 2 is 1.80 bits per heavy atom. The largest absolute Gasteiger partial charge is 0.399 e. The van der Waals surface area contributed by atoms with E-state index in [0.29, 0.717) is 0 Å². The Morgan fingerprint density at radius 3 is 2.50 bits per heavy atom. The van der Waals surface area contributed by atoms with Gasteiger partial charge >= 0.3 is 0 Å².